The number of hydrogen-bond acceptors (Lipinski definition) is 2. The Labute approximate surface area is 123 Å². The van der Waals surface area contributed by atoms with Crippen LogP contribution >= 0.6 is 27.5 Å². The van der Waals surface area contributed by atoms with E-state index in [2.05, 4.69) is 15.9 Å². The van der Waals surface area contributed by atoms with E-state index in [4.69, 9.17) is 21.1 Å². The van der Waals surface area contributed by atoms with E-state index < -0.39 is 0 Å². The van der Waals surface area contributed by atoms with Crippen molar-refractivity contribution < 1.29 is 9.47 Å². The average Bonchev–Trinajstić information content (AvgIpc) is 2.31. The van der Waals surface area contributed by atoms with Gasteiger partial charge in [-0.2, -0.15) is 0 Å². The third kappa shape index (κ3) is 4.45. The van der Waals surface area contributed by atoms with Gasteiger partial charge in [-0.25, -0.2) is 0 Å². The normalized spacial score (nSPS) is 11.7. The minimum absolute atomic E-state index is 0.162. The van der Waals surface area contributed by atoms with Crippen LogP contribution in [0.1, 0.15) is 31.4 Å². The molecule has 1 aromatic carbocycles. The molecule has 0 radical (unpaired) electrons. The van der Waals surface area contributed by atoms with Gasteiger partial charge in [0.15, 0.2) is 0 Å². The number of hydrogen-bond donors (Lipinski definition) is 0. The number of rotatable bonds is 6. The Hall–Kier alpha value is -0.250. The topological polar surface area (TPSA) is 18.5 Å². The van der Waals surface area contributed by atoms with Crippen molar-refractivity contribution >= 4 is 27.5 Å². The van der Waals surface area contributed by atoms with E-state index in [1.54, 1.807) is 7.11 Å². The Morgan fingerprint density at radius 2 is 2.00 bits per heavy atom. The molecule has 0 saturated heterocycles. The van der Waals surface area contributed by atoms with Gasteiger partial charge in [0.05, 0.1) is 18.1 Å². The molecule has 0 heterocycles. The van der Waals surface area contributed by atoms with Crippen molar-refractivity contribution in [1.29, 1.82) is 0 Å². The van der Waals surface area contributed by atoms with Crippen LogP contribution in [0, 0.1) is 6.92 Å². The average molecular weight is 336 g/mol. The van der Waals surface area contributed by atoms with Crippen LogP contribution in [0.5, 0.6) is 5.75 Å². The second-order valence-corrected chi connectivity index (χ2v) is 6.09. The van der Waals surface area contributed by atoms with E-state index in [1.807, 2.05) is 32.9 Å². The molecule has 1 rings (SSSR count). The Bertz CT molecular complexity index is 405. The van der Waals surface area contributed by atoms with Crippen LogP contribution in [0.2, 0.25) is 0 Å². The van der Waals surface area contributed by atoms with Gasteiger partial charge in [-0.05, 0) is 38.5 Å². The second kappa shape index (κ2) is 6.78. The van der Waals surface area contributed by atoms with Gasteiger partial charge >= 0.3 is 0 Å². The predicted octanol–water partition coefficient (Wildman–Crippen LogP) is 4.69. The first-order chi connectivity index (χ1) is 8.39. The SMILES string of the molecule is COC(C)(C)CCOc1c(C)cc(Br)cc1CCl. The van der Waals surface area contributed by atoms with Gasteiger partial charge in [0.25, 0.3) is 0 Å². The number of ether oxygens (including phenoxy) is 2. The van der Waals surface area contributed by atoms with E-state index in [-0.39, 0.29) is 5.60 Å². The molecule has 0 unspecified atom stereocenters. The highest BCUT2D eigenvalue weighted by Crippen LogP contribution is 2.29. The molecule has 0 fully saturated rings. The van der Waals surface area contributed by atoms with Crippen molar-refractivity contribution in [2.75, 3.05) is 13.7 Å². The molecule has 0 aliphatic carbocycles. The molecule has 0 aliphatic rings. The molecule has 0 bridgehead atoms. The smallest absolute Gasteiger partial charge is 0.126 e. The molecular formula is C14H20BrClO2. The highest BCUT2D eigenvalue weighted by Gasteiger charge is 2.17. The summed E-state index contributed by atoms with van der Waals surface area (Å²) in [5.74, 6) is 1.34. The maximum absolute atomic E-state index is 5.95. The van der Waals surface area contributed by atoms with Gasteiger partial charge in [-0.1, -0.05) is 15.9 Å². The molecule has 2 nitrogen and oxygen atoms in total. The summed E-state index contributed by atoms with van der Waals surface area (Å²) in [4.78, 5) is 0. The van der Waals surface area contributed by atoms with Crippen LogP contribution in [0.25, 0.3) is 0 Å². The quantitative estimate of drug-likeness (QED) is 0.702. The molecule has 0 N–H and O–H groups in total. The number of benzene rings is 1. The van der Waals surface area contributed by atoms with Crippen LogP contribution in [-0.2, 0) is 10.6 Å². The molecule has 4 heteroatoms. The van der Waals surface area contributed by atoms with E-state index in [0.717, 1.165) is 27.8 Å². The molecule has 0 aromatic heterocycles. The number of aryl methyl sites for hydroxylation is 1. The lowest BCUT2D eigenvalue weighted by Crippen LogP contribution is -2.25. The van der Waals surface area contributed by atoms with Crippen LogP contribution in [0.15, 0.2) is 16.6 Å². The van der Waals surface area contributed by atoms with Crippen LogP contribution in [0.4, 0.5) is 0 Å². The van der Waals surface area contributed by atoms with Crippen LogP contribution < -0.4 is 4.74 Å². The molecule has 1 aromatic rings. The highest BCUT2D eigenvalue weighted by atomic mass is 79.9. The third-order valence-electron chi connectivity index (χ3n) is 2.96. The largest absolute Gasteiger partial charge is 0.493 e. The van der Waals surface area contributed by atoms with Gasteiger partial charge in [0, 0.05) is 23.6 Å². The minimum Gasteiger partial charge on any atom is -0.493 e. The first-order valence-electron chi connectivity index (χ1n) is 5.92. The van der Waals surface area contributed by atoms with Gasteiger partial charge < -0.3 is 9.47 Å². The molecule has 0 aliphatic heterocycles. The number of methoxy groups -OCH3 is 1. The Morgan fingerprint density at radius 3 is 2.56 bits per heavy atom. The lowest BCUT2D eigenvalue weighted by molar-refractivity contribution is 0.00533. The molecule has 0 saturated carbocycles. The van der Waals surface area contributed by atoms with Crippen molar-refractivity contribution in [2.45, 2.75) is 38.7 Å². The van der Waals surface area contributed by atoms with E-state index >= 15 is 0 Å². The van der Waals surface area contributed by atoms with E-state index in [0.29, 0.717) is 12.5 Å². The van der Waals surface area contributed by atoms with Crippen molar-refractivity contribution in [3.8, 4) is 5.75 Å². The summed E-state index contributed by atoms with van der Waals surface area (Å²) in [7, 11) is 1.72. The number of halogens is 2. The highest BCUT2D eigenvalue weighted by molar-refractivity contribution is 9.10. The lowest BCUT2D eigenvalue weighted by Gasteiger charge is -2.23. The summed E-state index contributed by atoms with van der Waals surface area (Å²) in [6.45, 7) is 6.74. The summed E-state index contributed by atoms with van der Waals surface area (Å²) >= 11 is 9.41. The fourth-order valence-electron chi connectivity index (χ4n) is 1.61. The van der Waals surface area contributed by atoms with Gasteiger partial charge in [0.1, 0.15) is 5.75 Å². The fraction of sp³-hybridized carbons (Fsp3) is 0.571. The first kappa shape index (κ1) is 15.8. The molecule has 18 heavy (non-hydrogen) atoms. The molecule has 102 valence electrons. The third-order valence-corrected chi connectivity index (χ3v) is 3.71. The maximum atomic E-state index is 5.95. The summed E-state index contributed by atoms with van der Waals surface area (Å²) in [6.07, 6.45) is 0.834. The monoisotopic (exact) mass is 334 g/mol. The Kier molecular flexibility index (Phi) is 5.96. The lowest BCUT2D eigenvalue weighted by atomic mass is 10.1. The zero-order valence-electron chi connectivity index (χ0n) is 11.3. The van der Waals surface area contributed by atoms with Crippen LogP contribution in [-0.4, -0.2) is 19.3 Å². The standard InChI is InChI=1S/C14H20BrClO2/c1-10-7-12(15)8-11(9-16)13(10)18-6-5-14(2,3)17-4/h7-8H,5-6,9H2,1-4H3. The fourth-order valence-corrected chi connectivity index (χ4v) is 2.42. The van der Waals surface area contributed by atoms with E-state index in [9.17, 15) is 0 Å². The summed E-state index contributed by atoms with van der Waals surface area (Å²) in [5, 5.41) is 0. The zero-order chi connectivity index (χ0) is 13.8. The Balaban J connectivity index is 2.73. The van der Waals surface area contributed by atoms with Gasteiger partial charge in [-0.3, -0.25) is 0 Å². The van der Waals surface area contributed by atoms with Crippen LogP contribution in [0.3, 0.4) is 0 Å². The number of alkyl halides is 1. The first-order valence-corrected chi connectivity index (χ1v) is 7.25. The molecule has 0 amide bonds. The van der Waals surface area contributed by atoms with Gasteiger partial charge in [-0.15, -0.1) is 11.6 Å². The van der Waals surface area contributed by atoms with Crippen molar-refractivity contribution in [3.63, 3.8) is 0 Å². The van der Waals surface area contributed by atoms with Crippen molar-refractivity contribution in [3.05, 3.63) is 27.7 Å². The Morgan fingerprint density at radius 1 is 1.33 bits per heavy atom. The second-order valence-electron chi connectivity index (χ2n) is 4.91. The summed E-state index contributed by atoms with van der Waals surface area (Å²) < 4.78 is 12.3. The maximum Gasteiger partial charge on any atom is 0.126 e. The summed E-state index contributed by atoms with van der Waals surface area (Å²) in [6, 6.07) is 4.03. The van der Waals surface area contributed by atoms with Crippen molar-refractivity contribution in [2.24, 2.45) is 0 Å². The molecule has 0 spiro atoms. The van der Waals surface area contributed by atoms with E-state index in [1.165, 1.54) is 0 Å². The van der Waals surface area contributed by atoms with Crippen molar-refractivity contribution in [1.82, 2.24) is 0 Å². The summed E-state index contributed by atoms with van der Waals surface area (Å²) in [5.41, 5.74) is 1.94. The predicted molar refractivity (Wildman–Crippen MR) is 79.6 cm³/mol. The van der Waals surface area contributed by atoms with Gasteiger partial charge in [0.2, 0.25) is 0 Å². The zero-order valence-corrected chi connectivity index (χ0v) is 13.7. The molecule has 0 atom stereocenters. The minimum atomic E-state index is -0.162. The molecular weight excluding hydrogens is 316 g/mol.